The van der Waals surface area contributed by atoms with Crippen LogP contribution < -0.4 is 0 Å². The largest absolute Gasteiger partial charge is 0.363 e. The van der Waals surface area contributed by atoms with Crippen molar-refractivity contribution in [3.05, 3.63) is 56.3 Å². The number of hydrogen-bond acceptors (Lipinski definition) is 4. The molecule has 5 rings (SSSR count). The van der Waals surface area contributed by atoms with Crippen LogP contribution in [0.1, 0.15) is 47.4 Å². The van der Waals surface area contributed by atoms with Crippen LogP contribution in [0.15, 0.2) is 30.2 Å². The highest BCUT2D eigenvalue weighted by atomic mass is 35.5. The molecule has 2 aromatic rings. The van der Waals surface area contributed by atoms with Crippen molar-refractivity contribution in [1.29, 1.82) is 0 Å². The standard InChI is InChI=1S/C22H23ClF3N3OS/c1-14-15(12-29(27-14)18-5-3-2-4-17(18)24)11-28-8-6-21(7-9-28)20-16(10-19(23)31-20)22(25,26)13-30-21/h3,5,10,12H,2,4,6-9,11,13H2,1H3. The number of nitrogens with zero attached hydrogens (tertiary/aromatic N) is 3. The van der Waals surface area contributed by atoms with E-state index < -0.39 is 18.1 Å². The number of piperidine rings is 1. The molecule has 0 unspecified atom stereocenters. The Morgan fingerprint density at radius 3 is 2.81 bits per heavy atom. The topological polar surface area (TPSA) is 30.3 Å². The minimum absolute atomic E-state index is 0.0233. The molecule has 0 aromatic carbocycles. The molecule has 1 aliphatic carbocycles. The molecule has 1 fully saturated rings. The lowest BCUT2D eigenvalue weighted by Crippen LogP contribution is -2.48. The number of rotatable bonds is 3. The Hall–Kier alpha value is -1.61. The molecular formula is C22H23ClF3N3OS. The zero-order valence-electron chi connectivity index (χ0n) is 17.1. The minimum Gasteiger partial charge on any atom is -0.363 e. The summed E-state index contributed by atoms with van der Waals surface area (Å²) < 4.78 is 50.6. The van der Waals surface area contributed by atoms with Crippen LogP contribution >= 0.6 is 22.9 Å². The van der Waals surface area contributed by atoms with Gasteiger partial charge in [-0.1, -0.05) is 17.7 Å². The zero-order valence-corrected chi connectivity index (χ0v) is 18.7. The van der Waals surface area contributed by atoms with Gasteiger partial charge in [-0.2, -0.15) is 13.9 Å². The SMILES string of the molecule is Cc1nn(C2=C(F)CCC=C2)cc1CN1CCC2(CC1)OCC(F)(F)c1cc(Cl)sc12. The van der Waals surface area contributed by atoms with Gasteiger partial charge in [-0.25, -0.2) is 9.07 Å². The molecule has 0 saturated carbocycles. The summed E-state index contributed by atoms with van der Waals surface area (Å²) in [5.74, 6) is -3.14. The smallest absolute Gasteiger partial charge is 0.297 e. The van der Waals surface area contributed by atoms with Crippen LogP contribution in [0.2, 0.25) is 4.34 Å². The number of halogens is 4. The van der Waals surface area contributed by atoms with Gasteiger partial charge in [-0.3, -0.25) is 4.90 Å². The number of thiophene rings is 1. The Balaban J connectivity index is 1.31. The number of fused-ring (bicyclic) bond motifs is 2. The predicted octanol–water partition coefficient (Wildman–Crippen LogP) is 6.01. The van der Waals surface area contributed by atoms with E-state index in [1.54, 1.807) is 10.8 Å². The van der Waals surface area contributed by atoms with Gasteiger partial charge in [-0.15, -0.1) is 11.3 Å². The van der Waals surface area contributed by atoms with E-state index in [1.165, 1.54) is 17.4 Å². The van der Waals surface area contributed by atoms with Crippen LogP contribution in [0.25, 0.3) is 5.70 Å². The summed E-state index contributed by atoms with van der Waals surface area (Å²) in [4.78, 5) is 2.84. The number of alkyl halides is 2. The summed E-state index contributed by atoms with van der Waals surface area (Å²) in [5.41, 5.74) is 1.73. The van der Waals surface area contributed by atoms with Crippen LogP contribution in [0.4, 0.5) is 13.2 Å². The molecule has 166 valence electrons. The Morgan fingerprint density at radius 1 is 1.29 bits per heavy atom. The van der Waals surface area contributed by atoms with Gasteiger partial charge in [0.25, 0.3) is 5.92 Å². The molecule has 1 saturated heterocycles. The lowest BCUT2D eigenvalue weighted by molar-refractivity contribution is -0.182. The van der Waals surface area contributed by atoms with Crippen molar-refractivity contribution in [3.63, 3.8) is 0 Å². The van der Waals surface area contributed by atoms with E-state index in [0.717, 1.165) is 11.3 Å². The van der Waals surface area contributed by atoms with E-state index in [1.807, 2.05) is 19.2 Å². The summed E-state index contributed by atoms with van der Waals surface area (Å²) in [6.45, 7) is 3.42. The Morgan fingerprint density at radius 2 is 2.06 bits per heavy atom. The fourth-order valence-corrected chi connectivity index (χ4v) is 6.11. The summed E-state index contributed by atoms with van der Waals surface area (Å²) in [6, 6.07) is 1.39. The third-order valence-electron chi connectivity index (χ3n) is 6.43. The van der Waals surface area contributed by atoms with E-state index in [2.05, 4.69) is 10.00 Å². The van der Waals surface area contributed by atoms with Crippen molar-refractivity contribution in [2.24, 2.45) is 0 Å². The average Bonchev–Trinajstić information content (AvgIpc) is 3.31. The van der Waals surface area contributed by atoms with Crippen molar-refractivity contribution in [3.8, 4) is 0 Å². The quantitative estimate of drug-likeness (QED) is 0.551. The van der Waals surface area contributed by atoms with Crippen LogP contribution in [0.5, 0.6) is 0 Å². The second-order valence-electron chi connectivity index (χ2n) is 8.47. The molecule has 31 heavy (non-hydrogen) atoms. The lowest BCUT2D eigenvalue weighted by Gasteiger charge is -2.45. The maximum atomic E-state index is 14.3. The second kappa shape index (κ2) is 7.76. The summed E-state index contributed by atoms with van der Waals surface area (Å²) in [7, 11) is 0. The number of ether oxygens (including phenoxy) is 1. The monoisotopic (exact) mass is 469 g/mol. The van der Waals surface area contributed by atoms with Gasteiger partial charge < -0.3 is 4.74 Å². The van der Waals surface area contributed by atoms with E-state index in [0.29, 0.717) is 60.2 Å². The number of hydrogen-bond donors (Lipinski definition) is 0. The van der Waals surface area contributed by atoms with Crippen molar-refractivity contribution >= 4 is 28.6 Å². The van der Waals surface area contributed by atoms with Gasteiger partial charge in [-0.05, 0) is 38.3 Å². The maximum absolute atomic E-state index is 14.3. The average molecular weight is 470 g/mol. The van der Waals surface area contributed by atoms with Gasteiger partial charge in [0.05, 0.1) is 15.7 Å². The van der Waals surface area contributed by atoms with Crippen LogP contribution in [-0.2, 0) is 22.8 Å². The first-order valence-corrected chi connectivity index (χ1v) is 11.6. The molecule has 3 aliphatic rings. The van der Waals surface area contributed by atoms with Gasteiger partial charge >= 0.3 is 0 Å². The van der Waals surface area contributed by atoms with Gasteiger partial charge in [0, 0.05) is 48.3 Å². The predicted molar refractivity (Wildman–Crippen MR) is 115 cm³/mol. The molecular weight excluding hydrogens is 447 g/mol. The van der Waals surface area contributed by atoms with Crippen molar-refractivity contribution in [1.82, 2.24) is 14.7 Å². The number of aryl methyl sites for hydroxylation is 1. The molecule has 9 heteroatoms. The molecule has 2 aliphatic heterocycles. The Labute approximate surface area is 187 Å². The molecule has 1 spiro atoms. The maximum Gasteiger partial charge on any atom is 0.297 e. The van der Waals surface area contributed by atoms with Crippen LogP contribution in [0.3, 0.4) is 0 Å². The zero-order chi connectivity index (χ0) is 21.8. The third-order valence-corrected chi connectivity index (χ3v) is 7.88. The van der Waals surface area contributed by atoms with Crippen molar-refractivity contribution < 1.29 is 17.9 Å². The number of likely N-dealkylation sites (tertiary alicyclic amines) is 1. The third kappa shape index (κ3) is 3.77. The van der Waals surface area contributed by atoms with Crippen LogP contribution in [-0.4, -0.2) is 34.4 Å². The fraction of sp³-hybridized carbons (Fsp3) is 0.500. The highest BCUT2D eigenvalue weighted by Crippen LogP contribution is 2.52. The lowest BCUT2D eigenvalue weighted by atomic mass is 9.84. The van der Waals surface area contributed by atoms with Gasteiger partial charge in [0.1, 0.15) is 18.0 Å². The molecule has 0 bridgehead atoms. The van der Waals surface area contributed by atoms with E-state index in [4.69, 9.17) is 16.3 Å². The summed E-state index contributed by atoms with van der Waals surface area (Å²) in [6.07, 6.45) is 7.99. The summed E-state index contributed by atoms with van der Waals surface area (Å²) in [5, 5.41) is 4.50. The Kier molecular flexibility index (Phi) is 5.32. The normalized spacial score (nSPS) is 22.9. The van der Waals surface area contributed by atoms with E-state index >= 15 is 0 Å². The first kappa shape index (κ1) is 21.2. The van der Waals surface area contributed by atoms with Crippen LogP contribution in [0, 0.1) is 6.92 Å². The first-order chi connectivity index (χ1) is 14.8. The molecule has 4 heterocycles. The highest BCUT2D eigenvalue weighted by Gasteiger charge is 2.51. The molecule has 0 atom stereocenters. The molecule has 0 N–H and O–H groups in total. The molecule has 4 nitrogen and oxygen atoms in total. The first-order valence-electron chi connectivity index (χ1n) is 10.4. The van der Waals surface area contributed by atoms with E-state index in [-0.39, 0.29) is 11.4 Å². The molecule has 0 amide bonds. The fourth-order valence-electron chi connectivity index (χ4n) is 4.63. The molecule has 2 aromatic heterocycles. The minimum atomic E-state index is -3.00. The number of aromatic nitrogens is 2. The second-order valence-corrected chi connectivity index (χ2v) is 10.2. The molecule has 0 radical (unpaired) electrons. The van der Waals surface area contributed by atoms with Gasteiger partial charge in [0.2, 0.25) is 0 Å². The number of allylic oxidation sites excluding steroid dienone is 4. The highest BCUT2D eigenvalue weighted by molar-refractivity contribution is 7.16. The van der Waals surface area contributed by atoms with E-state index in [9.17, 15) is 13.2 Å². The van der Waals surface area contributed by atoms with Crippen molar-refractivity contribution in [2.45, 2.75) is 50.7 Å². The summed E-state index contributed by atoms with van der Waals surface area (Å²) >= 11 is 7.29. The van der Waals surface area contributed by atoms with Crippen molar-refractivity contribution in [2.75, 3.05) is 19.7 Å². The Bertz CT molecular complexity index is 1070. The van der Waals surface area contributed by atoms with Gasteiger partial charge in [0.15, 0.2) is 0 Å².